The van der Waals surface area contributed by atoms with Crippen LogP contribution in [-0.2, 0) is 13.0 Å². The van der Waals surface area contributed by atoms with Gasteiger partial charge in [-0.15, -0.1) is 0 Å². The van der Waals surface area contributed by atoms with Crippen LogP contribution in [0.1, 0.15) is 12.5 Å². The second-order valence-electron chi connectivity index (χ2n) is 3.77. The normalized spacial score (nSPS) is 11.2. The third kappa shape index (κ3) is 1.72. The summed E-state index contributed by atoms with van der Waals surface area (Å²) in [6.45, 7) is 3.57. The monoisotopic (exact) mass is 282 g/mol. The lowest BCUT2D eigenvalue weighted by atomic mass is 10.1. The van der Waals surface area contributed by atoms with E-state index in [2.05, 4.69) is 33.6 Å². The molecule has 1 aromatic heterocycles. The lowest BCUT2D eigenvalue weighted by Gasteiger charge is -2.03. The van der Waals surface area contributed by atoms with E-state index in [1.807, 2.05) is 12.1 Å². The maximum absolute atomic E-state index is 10.1. The van der Waals surface area contributed by atoms with Gasteiger partial charge in [0.1, 0.15) is 5.75 Å². The van der Waals surface area contributed by atoms with Gasteiger partial charge in [-0.3, -0.25) is 0 Å². The number of hydrogen-bond donors (Lipinski definition) is 2. The molecule has 2 rings (SSSR count). The van der Waals surface area contributed by atoms with Crippen molar-refractivity contribution in [2.24, 2.45) is 5.73 Å². The maximum Gasteiger partial charge on any atom is 0.139 e. The van der Waals surface area contributed by atoms with Crippen LogP contribution in [0.2, 0.25) is 0 Å². The van der Waals surface area contributed by atoms with Gasteiger partial charge in [0, 0.05) is 18.1 Å². The lowest BCUT2D eigenvalue weighted by Crippen LogP contribution is -2.02. The van der Waals surface area contributed by atoms with Crippen LogP contribution < -0.4 is 5.73 Å². The Bertz CT molecular complexity index is 519. The number of aromatic nitrogens is 1. The molecule has 0 aliphatic rings. The molecular formula is C12H15BrN2O. The topological polar surface area (TPSA) is 51.2 Å². The molecule has 16 heavy (non-hydrogen) atoms. The van der Waals surface area contributed by atoms with Gasteiger partial charge in [0.15, 0.2) is 0 Å². The Morgan fingerprint density at radius 1 is 1.44 bits per heavy atom. The van der Waals surface area contributed by atoms with Crippen LogP contribution in [0, 0.1) is 0 Å². The summed E-state index contributed by atoms with van der Waals surface area (Å²) >= 11 is 3.34. The van der Waals surface area contributed by atoms with Crippen molar-refractivity contribution in [2.45, 2.75) is 19.9 Å². The van der Waals surface area contributed by atoms with Gasteiger partial charge < -0.3 is 15.4 Å². The molecule has 3 nitrogen and oxygen atoms in total. The maximum atomic E-state index is 10.1. The number of phenolic OH excluding ortho intramolecular Hbond substituents is 1. The molecule has 0 amide bonds. The van der Waals surface area contributed by atoms with Gasteiger partial charge in [-0.25, -0.2) is 0 Å². The van der Waals surface area contributed by atoms with Gasteiger partial charge in [-0.2, -0.15) is 0 Å². The van der Waals surface area contributed by atoms with E-state index in [1.54, 1.807) is 0 Å². The smallest absolute Gasteiger partial charge is 0.139 e. The minimum absolute atomic E-state index is 0.313. The first-order valence-corrected chi connectivity index (χ1v) is 6.17. The second-order valence-corrected chi connectivity index (χ2v) is 4.62. The number of nitrogens with zero attached hydrogens (tertiary/aromatic N) is 1. The van der Waals surface area contributed by atoms with E-state index in [-0.39, 0.29) is 0 Å². The van der Waals surface area contributed by atoms with Crippen LogP contribution in [0.25, 0.3) is 10.9 Å². The number of phenols is 1. The number of halogens is 1. The van der Waals surface area contributed by atoms with Crippen LogP contribution in [0.5, 0.6) is 5.75 Å². The van der Waals surface area contributed by atoms with Crippen molar-refractivity contribution in [1.29, 1.82) is 0 Å². The Morgan fingerprint density at radius 2 is 2.19 bits per heavy atom. The molecule has 0 aliphatic carbocycles. The first-order chi connectivity index (χ1) is 7.69. The van der Waals surface area contributed by atoms with E-state index < -0.39 is 0 Å². The highest BCUT2D eigenvalue weighted by atomic mass is 79.9. The molecular weight excluding hydrogens is 268 g/mol. The van der Waals surface area contributed by atoms with Gasteiger partial charge in [0.2, 0.25) is 0 Å². The Hall–Kier alpha value is -1.000. The molecule has 1 heterocycles. The molecule has 3 N–H and O–H groups in total. The summed E-state index contributed by atoms with van der Waals surface area (Å²) < 4.78 is 2.86. The lowest BCUT2D eigenvalue weighted by molar-refractivity contribution is 0.478. The summed E-state index contributed by atoms with van der Waals surface area (Å²) in [6.07, 6.45) is 2.86. The van der Waals surface area contributed by atoms with Crippen molar-refractivity contribution in [3.05, 3.63) is 28.4 Å². The third-order valence-electron chi connectivity index (χ3n) is 2.80. The average molecular weight is 283 g/mol. The third-order valence-corrected chi connectivity index (χ3v) is 3.44. The quantitative estimate of drug-likeness (QED) is 0.909. The summed E-state index contributed by atoms with van der Waals surface area (Å²) in [4.78, 5) is 0. The van der Waals surface area contributed by atoms with Gasteiger partial charge in [-0.1, -0.05) is 0 Å². The van der Waals surface area contributed by atoms with E-state index in [0.29, 0.717) is 12.3 Å². The number of aryl methyl sites for hydroxylation is 1. The molecule has 4 heteroatoms. The van der Waals surface area contributed by atoms with Crippen LogP contribution in [0.3, 0.4) is 0 Å². The molecule has 0 radical (unpaired) electrons. The summed E-state index contributed by atoms with van der Waals surface area (Å²) in [5.74, 6) is 0.313. The number of fused-ring (bicyclic) bond motifs is 1. The fourth-order valence-corrected chi connectivity index (χ4v) is 2.37. The van der Waals surface area contributed by atoms with Crippen LogP contribution in [-0.4, -0.2) is 16.2 Å². The Morgan fingerprint density at radius 3 is 2.81 bits per heavy atom. The Kier molecular flexibility index (Phi) is 3.21. The molecule has 0 saturated heterocycles. The highest BCUT2D eigenvalue weighted by molar-refractivity contribution is 9.10. The first-order valence-electron chi connectivity index (χ1n) is 5.38. The Balaban J connectivity index is 2.75. The SMILES string of the molecule is CCn1cc(CCN)c2c(O)c(Br)ccc21. The number of nitrogens with two attached hydrogens (primary N) is 1. The zero-order chi connectivity index (χ0) is 11.7. The fraction of sp³-hybridized carbons (Fsp3) is 0.333. The summed E-state index contributed by atoms with van der Waals surface area (Å²) in [7, 11) is 0. The fourth-order valence-electron chi connectivity index (χ4n) is 2.04. The van der Waals surface area contributed by atoms with E-state index in [4.69, 9.17) is 5.73 Å². The van der Waals surface area contributed by atoms with Crippen molar-refractivity contribution in [2.75, 3.05) is 6.54 Å². The van der Waals surface area contributed by atoms with Crippen LogP contribution in [0.15, 0.2) is 22.8 Å². The number of aromatic hydroxyl groups is 1. The largest absolute Gasteiger partial charge is 0.506 e. The van der Waals surface area contributed by atoms with Crippen molar-refractivity contribution in [3.8, 4) is 5.75 Å². The first kappa shape index (κ1) is 11.5. The molecule has 86 valence electrons. The van der Waals surface area contributed by atoms with Crippen LogP contribution >= 0.6 is 15.9 Å². The van der Waals surface area contributed by atoms with Crippen molar-refractivity contribution < 1.29 is 5.11 Å². The van der Waals surface area contributed by atoms with Gasteiger partial charge in [0.25, 0.3) is 0 Å². The number of hydrogen-bond acceptors (Lipinski definition) is 2. The predicted octanol–water partition coefficient (Wildman–Crippen LogP) is 2.63. The zero-order valence-electron chi connectivity index (χ0n) is 9.20. The van der Waals surface area contributed by atoms with Crippen LogP contribution in [0.4, 0.5) is 0 Å². The average Bonchev–Trinajstić information content (AvgIpc) is 2.63. The molecule has 0 bridgehead atoms. The highest BCUT2D eigenvalue weighted by Gasteiger charge is 2.13. The molecule has 0 unspecified atom stereocenters. The molecule has 2 aromatic rings. The molecule has 0 aliphatic heterocycles. The molecule has 1 aromatic carbocycles. The summed E-state index contributed by atoms with van der Waals surface area (Å²) in [5.41, 5.74) is 7.76. The van der Waals surface area contributed by atoms with Crippen molar-refractivity contribution in [1.82, 2.24) is 4.57 Å². The van der Waals surface area contributed by atoms with E-state index in [1.165, 1.54) is 0 Å². The number of benzene rings is 1. The second kappa shape index (κ2) is 4.47. The van der Waals surface area contributed by atoms with Crippen molar-refractivity contribution >= 4 is 26.8 Å². The molecule has 0 atom stereocenters. The molecule has 0 saturated carbocycles. The predicted molar refractivity (Wildman–Crippen MR) is 69.7 cm³/mol. The van der Waals surface area contributed by atoms with Gasteiger partial charge >= 0.3 is 0 Å². The highest BCUT2D eigenvalue weighted by Crippen LogP contribution is 2.36. The van der Waals surface area contributed by atoms with Crippen molar-refractivity contribution in [3.63, 3.8) is 0 Å². The molecule has 0 spiro atoms. The minimum Gasteiger partial charge on any atom is -0.506 e. The van der Waals surface area contributed by atoms with E-state index in [9.17, 15) is 5.11 Å². The minimum atomic E-state index is 0.313. The van der Waals surface area contributed by atoms with Gasteiger partial charge in [-0.05, 0) is 53.5 Å². The standard InChI is InChI=1S/C12H15BrN2O/c1-2-15-7-8(5-6-14)11-10(15)4-3-9(13)12(11)16/h3-4,7,16H,2,5-6,14H2,1H3. The van der Waals surface area contributed by atoms with Gasteiger partial charge in [0.05, 0.1) is 9.99 Å². The Labute approximate surface area is 103 Å². The van der Waals surface area contributed by atoms with E-state index >= 15 is 0 Å². The zero-order valence-corrected chi connectivity index (χ0v) is 10.8. The summed E-state index contributed by atoms with van der Waals surface area (Å²) in [5, 5.41) is 11.0. The summed E-state index contributed by atoms with van der Waals surface area (Å²) in [6, 6.07) is 3.89. The molecule has 0 fully saturated rings. The van der Waals surface area contributed by atoms with E-state index in [0.717, 1.165) is 33.9 Å². The number of rotatable bonds is 3.